The molecule has 4 N–H and O–H groups in total. The molecule has 1 amide bonds. The molecule has 108 valence electrons. The molecule has 1 aromatic rings. The highest BCUT2D eigenvalue weighted by molar-refractivity contribution is 7.89. The van der Waals surface area contributed by atoms with E-state index in [0.29, 0.717) is 0 Å². The second-order valence-electron chi connectivity index (χ2n) is 4.74. The van der Waals surface area contributed by atoms with Gasteiger partial charge in [0.05, 0.1) is 6.10 Å². The number of aromatic nitrogens is 1. The third-order valence-electron chi connectivity index (χ3n) is 2.78. The van der Waals surface area contributed by atoms with E-state index in [2.05, 4.69) is 5.32 Å². The van der Waals surface area contributed by atoms with Crippen molar-refractivity contribution >= 4 is 15.9 Å². The predicted octanol–water partition coefficient (Wildman–Crippen LogP) is -0.581. The number of amides is 1. The Balaban J connectivity index is 2.81. The molecule has 7 nitrogen and oxygen atoms in total. The lowest BCUT2D eigenvalue weighted by Crippen LogP contribution is -2.35. The third kappa shape index (κ3) is 4.05. The smallest absolute Gasteiger partial charge is 0.268 e. The molecule has 1 aromatic heterocycles. The van der Waals surface area contributed by atoms with Crippen LogP contribution in [0.5, 0.6) is 0 Å². The summed E-state index contributed by atoms with van der Waals surface area (Å²) in [5.74, 6) is -0.439. The minimum absolute atomic E-state index is 0.0219. The summed E-state index contributed by atoms with van der Waals surface area (Å²) >= 11 is 0. The second-order valence-corrected chi connectivity index (χ2v) is 6.30. The van der Waals surface area contributed by atoms with Gasteiger partial charge in [-0.15, -0.1) is 0 Å². The van der Waals surface area contributed by atoms with E-state index in [1.165, 1.54) is 16.8 Å². The van der Waals surface area contributed by atoms with Crippen molar-refractivity contribution in [2.75, 3.05) is 6.54 Å². The van der Waals surface area contributed by atoms with Gasteiger partial charge in [-0.2, -0.15) is 0 Å². The van der Waals surface area contributed by atoms with Gasteiger partial charge in [-0.25, -0.2) is 13.6 Å². The number of aliphatic hydroxyl groups is 1. The number of aryl methyl sites for hydroxylation is 1. The summed E-state index contributed by atoms with van der Waals surface area (Å²) in [6.07, 6.45) is 0.616. The normalized spacial score (nSPS) is 13.6. The number of nitrogens with zero attached hydrogens (tertiary/aromatic N) is 1. The van der Waals surface area contributed by atoms with Gasteiger partial charge in [-0.1, -0.05) is 13.8 Å². The number of sulfonamides is 1. The molecule has 19 heavy (non-hydrogen) atoms. The Bertz CT molecular complexity index is 562. The maximum atomic E-state index is 11.9. The second kappa shape index (κ2) is 5.72. The van der Waals surface area contributed by atoms with E-state index in [1.54, 1.807) is 7.05 Å². The molecular formula is C11H19N3O4S. The molecule has 0 saturated heterocycles. The molecule has 0 spiro atoms. The van der Waals surface area contributed by atoms with Crippen LogP contribution in [0, 0.1) is 5.92 Å². The van der Waals surface area contributed by atoms with Gasteiger partial charge in [0.25, 0.3) is 5.91 Å². The van der Waals surface area contributed by atoms with E-state index < -0.39 is 22.0 Å². The first-order valence-corrected chi connectivity index (χ1v) is 7.33. The Morgan fingerprint density at radius 1 is 1.53 bits per heavy atom. The van der Waals surface area contributed by atoms with Crippen LogP contribution < -0.4 is 10.5 Å². The first-order chi connectivity index (χ1) is 8.62. The lowest BCUT2D eigenvalue weighted by atomic mass is 10.1. The highest BCUT2D eigenvalue weighted by atomic mass is 32.2. The predicted molar refractivity (Wildman–Crippen MR) is 70.0 cm³/mol. The average molecular weight is 289 g/mol. The topological polar surface area (TPSA) is 114 Å². The SMILES string of the molecule is CC(C)C(O)CNC(=O)c1cc(S(N)(=O)=O)cn1C. The summed E-state index contributed by atoms with van der Waals surface area (Å²) in [6.45, 7) is 3.77. The van der Waals surface area contributed by atoms with Crippen molar-refractivity contribution in [1.82, 2.24) is 9.88 Å². The zero-order valence-corrected chi connectivity index (χ0v) is 11.9. The number of hydrogen-bond donors (Lipinski definition) is 3. The van der Waals surface area contributed by atoms with E-state index in [9.17, 15) is 18.3 Å². The Morgan fingerprint density at radius 3 is 2.53 bits per heavy atom. The maximum Gasteiger partial charge on any atom is 0.268 e. The Hall–Kier alpha value is -1.38. The molecule has 0 aliphatic rings. The number of carbonyl (C=O) groups excluding carboxylic acids is 1. The van der Waals surface area contributed by atoms with Crippen molar-refractivity contribution in [1.29, 1.82) is 0 Å². The summed E-state index contributed by atoms with van der Waals surface area (Å²) < 4.78 is 23.7. The van der Waals surface area contributed by atoms with Crippen LogP contribution in [0.4, 0.5) is 0 Å². The monoisotopic (exact) mass is 289 g/mol. The first-order valence-electron chi connectivity index (χ1n) is 5.78. The summed E-state index contributed by atoms with van der Waals surface area (Å²) in [5, 5.41) is 17.1. The molecular weight excluding hydrogens is 270 g/mol. The van der Waals surface area contributed by atoms with Crippen molar-refractivity contribution in [2.24, 2.45) is 18.1 Å². The number of rotatable bonds is 5. The van der Waals surface area contributed by atoms with Crippen LogP contribution in [0.1, 0.15) is 24.3 Å². The molecule has 0 aliphatic carbocycles. The molecule has 0 radical (unpaired) electrons. The number of nitrogens with two attached hydrogens (primary N) is 1. The van der Waals surface area contributed by atoms with Crippen molar-refractivity contribution < 1.29 is 18.3 Å². The molecule has 0 aliphatic heterocycles. The van der Waals surface area contributed by atoms with Gasteiger partial charge < -0.3 is 15.0 Å². The van der Waals surface area contributed by atoms with Crippen LogP contribution in [0.2, 0.25) is 0 Å². The van der Waals surface area contributed by atoms with Gasteiger partial charge in [-0.3, -0.25) is 4.79 Å². The maximum absolute atomic E-state index is 11.9. The van der Waals surface area contributed by atoms with E-state index >= 15 is 0 Å². The first kappa shape index (κ1) is 15.7. The number of carbonyl (C=O) groups is 1. The number of primary sulfonamides is 1. The van der Waals surface area contributed by atoms with Crippen molar-refractivity contribution in [3.8, 4) is 0 Å². The molecule has 1 atom stereocenters. The Kier molecular flexibility index (Phi) is 4.72. The summed E-state index contributed by atoms with van der Waals surface area (Å²) in [4.78, 5) is 11.7. The van der Waals surface area contributed by atoms with Crippen molar-refractivity contribution in [2.45, 2.75) is 24.8 Å². The standard InChI is InChI=1S/C11H19N3O4S/c1-7(2)10(15)5-13-11(16)9-4-8(6-14(9)3)19(12,17)18/h4,6-7,10,15H,5H2,1-3H3,(H,13,16)(H2,12,17,18). The molecule has 0 saturated carbocycles. The summed E-state index contributed by atoms with van der Waals surface area (Å²) in [7, 11) is -2.29. The summed E-state index contributed by atoms with van der Waals surface area (Å²) in [5.41, 5.74) is 0.167. The van der Waals surface area contributed by atoms with Crippen LogP contribution in [0.15, 0.2) is 17.2 Å². The van der Waals surface area contributed by atoms with E-state index in [-0.39, 0.29) is 23.1 Å². The van der Waals surface area contributed by atoms with Crippen LogP contribution in [0.25, 0.3) is 0 Å². The Morgan fingerprint density at radius 2 is 2.11 bits per heavy atom. The van der Waals surface area contributed by atoms with Gasteiger partial charge in [0.2, 0.25) is 10.0 Å². The highest BCUT2D eigenvalue weighted by Crippen LogP contribution is 2.11. The van der Waals surface area contributed by atoms with Crippen molar-refractivity contribution in [3.05, 3.63) is 18.0 Å². The molecule has 0 fully saturated rings. The largest absolute Gasteiger partial charge is 0.391 e. The fourth-order valence-corrected chi connectivity index (χ4v) is 2.02. The highest BCUT2D eigenvalue weighted by Gasteiger charge is 2.18. The third-order valence-corrected chi connectivity index (χ3v) is 3.66. The minimum Gasteiger partial charge on any atom is -0.391 e. The van der Waals surface area contributed by atoms with E-state index in [0.717, 1.165) is 0 Å². The summed E-state index contributed by atoms with van der Waals surface area (Å²) in [6, 6.07) is 1.20. The molecule has 8 heteroatoms. The van der Waals surface area contributed by atoms with Gasteiger partial charge in [0.15, 0.2) is 0 Å². The zero-order chi connectivity index (χ0) is 14.8. The van der Waals surface area contributed by atoms with Crippen LogP contribution in [-0.4, -0.2) is 36.6 Å². The van der Waals surface area contributed by atoms with Gasteiger partial charge >= 0.3 is 0 Å². The quantitative estimate of drug-likeness (QED) is 0.672. The zero-order valence-electron chi connectivity index (χ0n) is 11.1. The Labute approximate surface area is 112 Å². The minimum atomic E-state index is -3.83. The van der Waals surface area contributed by atoms with Gasteiger partial charge in [0.1, 0.15) is 10.6 Å². The molecule has 1 rings (SSSR count). The molecule has 0 bridgehead atoms. The molecule has 0 aromatic carbocycles. The van der Waals surface area contributed by atoms with Gasteiger partial charge in [0, 0.05) is 19.8 Å². The van der Waals surface area contributed by atoms with Crippen LogP contribution >= 0.6 is 0 Å². The average Bonchev–Trinajstić information content (AvgIpc) is 2.67. The number of hydrogen-bond acceptors (Lipinski definition) is 4. The van der Waals surface area contributed by atoms with Crippen LogP contribution in [0.3, 0.4) is 0 Å². The van der Waals surface area contributed by atoms with Crippen LogP contribution in [-0.2, 0) is 17.1 Å². The van der Waals surface area contributed by atoms with E-state index in [4.69, 9.17) is 5.14 Å². The van der Waals surface area contributed by atoms with E-state index in [1.807, 2.05) is 13.8 Å². The lowest BCUT2D eigenvalue weighted by Gasteiger charge is -2.15. The lowest BCUT2D eigenvalue weighted by molar-refractivity contribution is 0.0864. The number of nitrogens with one attached hydrogen (secondary N) is 1. The van der Waals surface area contributed by atoms with Gasteiger partial charge in [-0.05, 0) is 12.0 Å². The number of aliphatic hydroxyl groups excluding tert-OH is 1. The fourth-order valence-electron chi connectivity index (χ4n) is 1.44. The fraction of sp³-hybridized carbons (Fsp3) is 0.545. The molecule has 1 unspecified atom stereocenters. The molecule has 1 heterocycles. The van der Waals surface area contributed by atoms with Crippen molar-refractivity contribution in [3.63, 3.8) is 0 Å².